The van der Waals surface area contributed by atoms with Crippen molar-refractivity contribution in [3.63, 3.8) is 0 Å². The van der Waals surface area contributed by atoms with Crippen molar-refractivity contribution in [3.05, 3.63) is 29.8 Å². The third kappa shape index (κ3) is 3.53. The molecule has 0 N–H and O–H groups in total. The van der Waals surface area contributed by atoms with E-state index in [0.717, 1.165) is 37.2 Å². The molecule has 0 unspecified atom stereocenters. The van der Waals surface area contributed by atoms with Gasteiger partial charge in [-0.25, -0.2) is 0 Å². The van der Waals surface area contributed by atoms with E-state index in [-0.39, 0.29) is 23.9 Å². The van der Waals surface area contributed by atoms with Gasteiger partial charge in [0.15, 0.2) is 0 Å². The minimum Gasteiger partial charge on any atom is -0.497 e. The van der Waals surface area contributed by atoms with E-state index >= 15 is 0 Å². The molecule has 0 saturated carbocycles. The molecule has 2 bridgehead atoms. The number of halogens is 3. The Bertz CT molecular complexity index is 683. The summed E-state index contributed by atoms with van der Waals surface area (Å²) < 4.78 is 43.1. The largest absolute Gasteiger partial charge is 0.497 e. The molecule has 4 heterocycles. The number of alkyl halides is 3. The lowest BCUT2D eigenvalue weighted by atomic mass is 9.75. The second kappa shape index (κ2) is 7.00. The lowest BCUT2D eigenvalue weighted by Gasteiger charge is -2.51. The number of likely N-dealkylation sites (tertiary alicyclic amines) is 1. The average molecular weight is 382 g/mol. The monoisotopic (exact) mass is 382 g/mol. The molecule has 0 spiro atoms. The highest BCUT2D eigenvalue weighted by Gasteiger charge is 2.54. The second-order valence-electron chi connectivity index (χ2n) is 7.90. The lowest BCUT2D eigenvalue weighted by Crippen LogP contribution is -2.60. The normalized spacial score (nSPS) is 32.4. The molecule has 148 valence electrons. The molecule has 0 radical (unpaired) electrons. The van der Waals surface area contributed by atoms with Gasteiger partial charge in [0, 0.05) is 24.9 Å². The van der Waals surface area contributed by atoms with Crippen LogP contribution in [0.1, 0.15) is 37.2 Å². The molecule has 7 heteroatoms. The summed E-state index contributed by atoms with van der Waals surface area (Å²) >= 11 is 0. The van der Waals surface area contributed by atoms with Crippen molar-refractivity contribution in [2.45, 2.75) is 49.9 Å². The summed E-state index contributed by atoms with van der Waals surface area (Å²) in [5.74, 6) is 0.959. The van der Waals surface area contributed by atoms with Gasteiger partial charge >= 0.3 is 6.18 Å². The van der Waals surface area contributed by atoms with Crippen molar-refractivity contribution in [2.24, 2.45) is 5.92 Å². The highest BCUT2D eigenvalue weighted by atomic mass is 19.4. The number of amides is 1. The minimum atomic E-state index is -4.29. The van der Waals surface area contributed by atoms with E-state index in [1.807, 2.05) is 24.3 Å². The standard InChI is InChI=1S/C20H25F3N2O2/c1-27-15-4-2-13(3-5-15)16-12-25(17(26)6-9-20(21,22)23)18-14-7-10-24(11-8-14)19(16)18/h2-5,14,16,18-19H,6-12H2,1H3/t16-,18+,19+/m0/s1. The van der Waals surface area contributed by atoms with Crippen molar-refractivity contribution in [1.82, 2.24) is 9.80 Å². The first-order chi connectivity index (χ1) is 12.9. The fourth-order valence-electron chi connectivity index (χ4n) is 5.24. The van der Waals surface area contributed by atoms with Gasteiger partial charge in [0.25, 0.3) is 0 Å². The van der Waals surface area contributed by atoms with Gasteiger partial charge in [0.1, 0.15) is 5.75 Å². The van der Waals surface area contributed by atoms with E-state index in [1.165, 1.54) is 0 Å². The summed E-state index contributed by atoms with van der Waals surface area (Å²) in [6.45, 7) is 2.54. The maximum atomic E-state index is 12.7. The average Bonchev–Trinajstić information content (AvgIpc) is 3.09. The number of benzene rings is 1. The van der Waals surface area contributed by atoms with E-state index in [4.69, 9.17) is 4.74 Å². The van der Waals surface area contributed by atoms with E-state index in [9.17, 15) is 18.0 Å². The van der Waals surface area contributed by atoms with Gasteiger partial charge < -0.3 is 9.64 Å². The number of hydrogen-bond acceptors (Lipinski definition) is 3. The predicted octanol–water partition coefficient (Wildman–Crippen LogP) is 3.43. The molecule has 1 amide bonds. The lowest BCUT2D eigenvalue weighted by molar-refractivity contribution is -0.151. The Labute approximate surface area is 157 Å². The van der Waals surface area contributed by atoms with Gasteiger partial charge in [-0.05, 0) is 49.5 Å². The van der Waals surface area contributed by atoms with Crippen LogP contribution in [0.5, 0.6) is 5.75 Å². The first kappa shape index (κ1) is 18.6. The van der Waals surface area contributed by atoms with Gasteiger partial charge in [-0.1, -0.05) is 12.1 Å². The Morgan fingerprint density at radius 1 is 1.15 bits per heavy atom. The Morgan fingerprint density at radius 2 is 1.81 bits per heavy atom. The van der Waals surface area contributed by atoms with Gasteiger partial charge in [-0.3, -0.25) is 9.69 Å². The maximum Gasteiger partial charge on any atom is 0.389 e. The molecule has 3 atom stereocenters. The summed E-state index contributed by atoms with van der Waals surface area (Å²) in [7, 11) is 1.62. The van der Waals surface area contributed by atoms with Crippen LogP contribution < -0.4 is 4.74 Å². The van der Waals surface area contributed by atoms with E-state index < -0.39 is 19.0 Å². The summed E-state index contributed by atoms with van der Waals surface area (Å²) in [6.07, 6.45) is -3.73. The number of carbonyl (C=O) groups is 1. The molecule has 4 saturated heterocycles. The van der Waals surface area contributed by atoms with Crippen LogP contribution in [0.15, 0.2) is 24.3 Å². The number of methoxy groups -OCH3 is 1. The fourth-order valence-corrected chi connectivity index (χ4v) is 5.24. The minimum absolute atomic E-state index is 0.0420. The number of fused-ring (bicyclic) bond motifs is 2. The van der Waals surface area contributed by atoms with Crippen molar-refractivity contribution >= 4 is 5.91 Å². The van der Waals surface area contributed by atoms with Crippen LogP contribution in [0.2, 0.25) is 0 Å². The van der Waals surface area contributed by atoms with E-state index in [1.54, 1.807) is 12.0 Å². The zero-order valence-electron chi connectivity index (χ0n) is 15.4. The van der Waals surface area contributed by atoms with Crippen molar-refractivity contribution in [3.8, 4) is 5.75 Å². The summed E-state index contributed by atoms with van der Waals surface area (Å²) in [4.78, 5) is 16.9. The molecule has 5 rings (SSSR count). The Morgan fingerprint density at radius 3 is 2.41 bits per heavy atom. The SMILES string of the molecule is COc1ccc([C@@H]2CN(C(=O)CCC(F)(F)F)[C@@H]3C4CCN(CC4)[C@@H]32)cc1. The topological polar surface area (TPSA) is 32.8 Å². The zero-order chi connectivity index (χ0) is 19.2. The highest BCUT2D eigenvalue weighted by molar-refractivity contribution is 5.77. The number of piperidine rings is 3. The number of carbonyl (C=O) groups excluding carboxylic acids is 1. The Hall–Kier alpha value is -1.76. The number of hydrogen-bond donors (Lipinski definition) is 0. The maximum absolute atomic E-state index is 12.7. The number of ether oxygens (including phenoxy) is 1. The summed E-state index contributed by atoms with van der Waals surface area (Å²) in [6, 6.07) is 8.12. The smallest absolute Gasteiger partial charge is 0.389 e. The molecule has 4 aliphatic rings. The van der Waals surface area contributed by atoms with Gasteiger partial charge in [0.05, 0.1) is 19.6 Å². The molecule has 4 nitrogen and oxygen atoms in total. The van der Waals surface area contributed by atoms with Crippen LogP contribution in [0.25, 0.3) is 0 Å². The predicted molar refractivity (Wildman–Crippen MR) is 94.6 cm³/mol. The van der Waals surface area contributed by atoms with E-state index in [0.29, 0.717) is 12.5 Å². The molecule has 1 aromatic rings. The van der Waals surface area contributed by atoms with Crippen LogP contribution in [-0.2, 0) is 4.79 Å². The first-order valence-electron chi connectivity index (χ1n) is 9.61. The van der Waals surface area contributed by atoms with Crippen LogP contribution in [0, 0.1) is 5.92 Å². The van der Waals surface area contributed by atoms with E-state index in [2.05, 4.69) is 4.90 Å². The van der Waals surface area contributed by atoms with Gasteiger partial charge in [0.2, 0.25) is 5.91 Å². The van der Waals surface area contributed by atoms with Crippen molar-refractivity contribution in [2.75, 3.05) is 26.7 Å². The van der Waals surface area contributed by atoms with Gasteiger partial charge in [-0.15, -0.1) is 0 Å². The number of rotatable bonds is 4. The molecular formula is C20H25F3N2O2. The molecule has 0 aromatic heterocycles. The zero-order valence-corrected chi connectivity index (χ0v) is 15.4. The van der Waals surface area contributed by atoms with Crippen LogP contribution >= 0.6 is 0 Å². The van der Waals surface area contributed by atoms with Crippen molar-refractivity contribution in [1.29, 1.82) is 0 Å². The molecule has 4 aliphatic heterocycles. The molecule has 0 aliphatic carbocycles. The second-order valence-corrected chi connectivity index (χ2v) is 7.90. The number of nitrogens with zero attached hydrogens (tertiary/aromatic N) is 2. The summed E-state index contributed by atoms with van der Waals surface area (Å²) in [5, 5.41) is 0. The first-order valence-corrected chi connectivity index (χ1v) is 9.61. The van der Waals surface area contributed by atoms with Crippen LogP contribution in [0.3, 0.4) is 0 Å². The molecule has 4 fully saturated rings. The molecule has 1 aromatic carbocycles. The van der Waals surface area contributed by atoms with Crippen LogP contribution in [0.4, 0.5) is 13.2 Å². The van der Waals surface area contributed by atoms with Crippen LogP contribution in [-0.4, -0.2) is 60.7 Å². The Kier molecular flexibility index (Phi) is 4.82. The summed E-state index contributed by atoms with van der Waals surface area (Å²) in [5.41, 5.74) is 1.13. The van der Waals surface area contributed by atoms with Crippen molar-refractivity contribution < 1.29 is 22.7 Å². The Balaban J connectivity index is 1.58. The highest BCUT2D eigenvalue weighted by Crippen LogP contribution is 2.47. The van der Waals surface area contributed by atoms with Gasteiger partial charge in [-0.2, -0.15) is 13.2 Å². The third-order valence-electron chi connectivity index (χ3n) is 6.48. The third-order valence-corrected chi connectivity index (χ3v) is 6.48. The molecular weight excluding hydrogens is 357 g/mol. The fraction of sp³-hybridized carbons (Fsp3) is 0.650. The quantitative estimate of drug-likeness (QED) is 0.800. The molecule has 27 heavy (non-hydrogen) atoms.